The Balaban J connectivity index is 2.39. The number of aromatic nitrogens is 1. The lowest BCUT2D eigenvalue weighted by molar-refractivity contribution is 0.603. The minimum absolute atomic E-state index is 0.245. The van der Waals surface area contributed by atoms with Crippen LogP contribution >= 0.6 is 27.3 Å². The fraction of sp³-hybridized carbons (Fsp3) is 0.400. The van der Waals surface area contributed by atoms with Crippen molar-refractivity contribution >= 4 is 27.3 Å². The van der Waals surface area contributed by atoms with E-state index in [0.29, 0.717) is 0 Å². The molecule has 2 aromatic heterocycles. The highest BCUT2D eigenvalue weighted by atomic mass is 79.9. The van der Waals surface area contributed by atoms with Gasteiger partial charge in [-0.3, -0.25) is 4.98 Å². The van der Waals surface area contributed by atoms with Crippen LogP contribution in [0.1, 0.15) is 41.2 Å². The van der Waals surface area contributed by atoms with Crippen molar-refractivity contribution in [3.63, 3.8) is 0 Å². The summed E-state index contributed by atoms with van der Waals surface area (Å²) >= 11 is 5.43. The molecule has 0 aliphatic heterocycles. The first-order chi connectivity index (χ1) is 9.11. The maximum atomic E-state index is 4.46. The molecule has 0 aromatic carbocycles. The third-order valence-corrected chi connectivity index (χ3v) is 4.88. The summed E-state index contributed by atoms with van der Waals surface area (Å²) in [5.74, 6) is 0. The van der Waals surface area contributed by atoms with Crippen LogP contribution in [0.25, 0.3) is 0 Å². The summed E-state index contributed by atoms with van der Waals surface area (Å²) < 4.78 is 1.18. The van der Waals surface area contributed by atoms with Gasteiger partial charge in [-0.1, -0.05) is 6.92 Å². The fourth-order valence-corrected chi connectivity index (χ4v) is 3.90. The van der Waals surface area contributed by atoms with E-state index in [2.05, 4.69) is 70.6 Å². The van der Waals surface area contributed by atoms with Gasteiger partial charge in [-0.25, -0.2) is 0 Å². The topological polar surface area (TPSA) is 24.9 Å². The standard InChI is InChI=1S/C15H19BrN2S/c1-4-6-17-14(15-13(16)5-7-19-15)12-8-10(2)18-11(3)9-12/h5,7-9,14,17H,4,6H2,1-3H3. The quantitative estimate of drug-likeness (QED) is 0.860. The first-order valence-electron chi connectivity index (χ1n) is 6.53. The third kappa shape index (κ3) is 3.65. The summed E-state index contributed by atoms with van der Waals surface area (Å²) in [4.78, 5) is 5.80. The second kappa shape index (κ2) is 6.64. The molecule has 19 heavy (non-hydrogen) atoms. The van der Waals surface area contributed by atoms with E-state index in [4.69, 9.17) is 0 Å². The minimum Gasteiger partial charge on any atom is -0.306 e. The number of hydrogen-bond acceptors (Lipinski definition) is 3. The van der Waals surface area contributed by atoms with Crippen LogP contribution in [0.5, 0.6) is 0 Å². The van der Waals surface area contributed by atoms with Crippen LogP contribution in [0.3, 0.4) is 0 Å². The predicted octanol–water partition coefficient (Wildman–Crippen LogP) is 4.61. The number of pyridine rings is 1. The summed E-state index contributed by atoms with van der Waals surface area (Å²) in [7, 11) is 0. The Hall–Kier alpha value is -0.710. The molecular formula is C15H19BrN2S. The van der Waals surface area contributed by atoms with Crippen molar-refractivity contribution < 1.29 is 0 Å². The predicted molar refractivity (Wildman–Crippen MR) is 85.9 cm³/mol. The normalized spacial score (nSPS) is 12.6. The molecule has 1 N–H and O–H groups in total. The summed E-state index contributed by atoms with van der Waals surface area (Å²) in [5, 5.41) is 5.76. The van der Waals surface area contributed by atoms with Crippen molar-refractivity contribution in [2.75, 3.05) is 6.54 Å². The molecule has 0 amide bonds. The fourth-order valence-electron chi connectivity index (χ4n) is 2.20. The Morgan fingerprint density at radius 3 is 2.53 bits per heavy atom. The Kier molecular flexibility index (Phi) is 5.13. The van der Waals surface area contributed by atoms with Gasteiger partial charge < -0.3 is 5.32 Å². The molecule has 1 atom stereocenters. The Morgan fingerprint density at radius 1 is 1.32 bits per heavy atom. The Labute approximate surface area is 127 Å². The molecule has 2 nitrogen and oxygen atoms in total. The summed E-state index contributed by atoms with van der Waals surface area (Å²) in [5.41, 5.74) is 3.44. The van der Waals surface area contributed by atoms with E-state index in [9.17, 15) is 0 Å². The van der Waals surface area contributed by atoms with E-state index in [1.54, 1.807) is 11.3 Å². The second-order valence-electron chi connectivity index (χ2n) is 4.70. The molecule has 0 spiro atoms. The maximum absolute atomic E-state index is 4.46. The number of rotatable bonds is 5. The first kappa shape index (κ1) is 14.7. The largest absolute Gasteiger partial charge is 0.306 e. The van der Waals surface area contributed by atoms with Gasteiger partial charge in [0.1, 0.15) is 0 Å². The van der Waals surface area contributed by atoms with Gasteiger partial charge in [-0.15, -0.1) is 11.3 Å². The molecule has 0 fully saturated rings. The van der Waals surface area contributed by atoms with E-state index in [1.165, 1.54) is 14.9 Å². The molecule has 0 saturated carbocycles. The van der Waals surface area contributed by atoms with E-state index in [0.717, 1.165) is 24.4 Å². The molecule has 2 heterocycles. The molecule has 0 bridgehead atoms. The lowest BCUT2D eigenvalue weighted by Gasteiger charge is -2.19. The molecule has 0 aliphatic rings. The monoisotopic (exact) mass is 338 g/mol. The molecule has 0 aliphatic carbocycles. The number of nitrogens with one attached hydrogen (secondary N) is 1. The van der Waals surface area contributed by atoms with Crippen molar-refractivity contribution in [2.45, 2.75) is 33.2 Å². The lowest BCUT2D eigenvalue weighted by Crippen LogP contribution is -2.23. The molecule has 102 valence electrons. The van der Waals surface area contributed by atoms with Crippen molar-refractivity contribution in [3.8, 4) is 0 Å². The SMILES string of the molecule is CCCNC(c1cc(C)nc(C)c1)c1sccc1Br. The van der Waals surface area contributed by atoms with Gasteiger partial charge >= 0.3 is 0 Å². The van der Waals surface area contributed by atoms with E-state index >= 15 is 0 Å². The van der Waals surface area contributed by atoms with Crippen molar-refractivity contribution in [3.05, 3.63) is 49.9 Å². The second-order valence-corrected chi connectivity index (χ2v) is 6.51. The maximum Gasteiger partial charge on any atom is 0.0683 e. The molecule has 1 unspecified atom stereocenters. The molecule has 2 rings (SSSR count). The molecule has 0 saturated heterocycles. The summed E-state index contributed by atoms with van der Waals surface area (Å²) in [6.07, 6.45) is 1.13. The van der Waals surface area contributed by atoms with E-state index < -0.39 is 0 Å². The Bertz CT molecular complexity index is 531. The van der Waals surface area contributed by atoms with Gasteiger partial charge in [0, 0.05) is 20.7 Å². The average Bonchev–Trinajstić information content (AvgIpc) is 2.75. The lowest BCUT2D eigenvalue weighted by atomic mass is 10.0. The van der Waals surface area contributed by atoms with Crippen LogP contribution in [0.15, 0.2) is 28.1 Å². The van der Waals surface area contributed by atoms with Crippen LogP contribution in [0, 0.1) is 13.8 Å². The van der Waals surface area contributed by atoms with Gasteiger partial charge in [0.2, 0.25) is 0 Å². The molecule has 4 heteroatoms. The first-order valence-corrected chi connectivity index (χ1v) is 8.20. The third-order valence-electron chi connectivity index (χ3n) is 2.94. The molecule has 2 aromatic rings. The zero-order valence-electron chi connectivity index (χ0n) is 11.5. The minimum atomic E-state index is 0.245. The van der Waals surface area contributed by atoms with Gasteiger partial charge in [-0.2, -0.15) is 0 Å². The number of nitrogens with zero attached hydrogens (tertiary/aromatic N) is 1. The van der Waals surface area contributed by atoms with Crippen molar-refractivity contribution in [1.29, 1.82) is 0 Å². The van der Waals surface area contributed by atoms with E-state index in [1.807, 2.05) is 0 Å². The summed E-state index contributed by atoms with van der Waals surface area (Å²) in [6.45, 7) is 7.31. The zero-order valence-corrected chi connectivity index (χ0v) is 13.9. The van der Waals surface area contributed by atoms with Gasteiger partial charge in [0.15, 0.2) is 0 Å². The Morgan fingerprint density at radius 2 is 2.00 bits per heavy atom. The highest BCUT2D eigenvalue weighted by molar-refractivity contribution is 9.10. The number of hydrogen-bond donors (Lipinski definition) is 1. The number of aryl methyl sites for hydroxylation is 2. The highest BCUT2D eigenvalue weighted by Gasteiger charge is 2.18. The van der Waals surface area contributed by atoms with Crippen molar-refractivity contribution in [2.24, 2.45) is 0 Å². The van der Waals surface area contributed by atoms with Crippen LogP contribution in [0.4, 0.5) is 0 Å². The smallest absolute Gasteiger partial charge is 0.0683 e. The van der Waals surface area contributed by atoms with Crippen LogP contribution in [0.2, 0.25) is 0 Å². The summed E-state index contributed by atoms with van der Waals surface area (Å²) in [6, 6.07) is 6.70. The molecule has 0 radical (unpaired) electrons. The van der Waals surface area contributed by atoms with Crippen LogP contribution in [-0.4, -0.2) is 11.5 Å². The number of thiophene rings is 1. The van der Waals surface area contributed by atoms with Gasteiger partial charge in [-0.05, 0) is 71.9 Å². The van der Waals surface area contributed by atoms with Crippen LogP contribution in [-0.2, 0) is 0 Å². The number of halogens is 1. The van der Waals surface area contributed by atoms with Crippen LogP contribution < -0.4 is 5.32 Å². The highest BCUT2D eigenvalue weighted by Crippen LogP contribution is 2.33. The van der Waals surface area contributed by atoms with Crippen molar-refractivity contribution in [1.82, 2.24) is 10.3 Å². The van der Waals surface area contributed by atoms with Gasteiger partial charge in [0.05, 0.1) is 6.04 Å². The average molecular weight is 339 g/mol. The zero-order chi connectivity index (χ0) is 13.8. The molecular weight excluding hydrogens is 320 g/mol. The van der Waals surface area contributed by atoms with E-state index in [-0.39, 0.29) is 6.04 Å². The van der Waals surface area contributed by atoms with Gasteiger partial charge in [0.25, 0.3) is 0 Å².